The highest BCUT2D eigenvalue weighted by atomic mass is 79.9. The quantitative estimate of drug-likeness (QED) is 0.684. The number of likely N-dealkylation sites (tertiary alicyclic amines) is 1. The molecule has 1 saturated heterocycles. The SMILES string of the molecule is CC(Oc1ccc(Cl)cc1Br)C(=O)NC1CCN(C(=O)c2ccccc2F)CC1. The van der Waals surface area contributed by atoms with E-state index in [1.165, 1.54) is 12.1 Å². The van der Waals surface area contributed by atoms with Crippen molar-refractivity contribution in [2.45, 2.75) is 31.9 Å². The number of hydrogen-bond acceptors (Lipinski definition) is 3. The number of hydrogen-bond donors (Lipinski definition) is 1. The van der Waals surface area contributed by atoms with Crippen LogP contribution in [0.2, 0.25) is 5.02 Å². The molecule has 0 radical (unpaired) electrons. The van der Waals surface area contributed by atoms with Crippen LogP contribution in [0.4, 0.5) is 4.39 Å². The van der Waals surface area contributed by atoms with Crippen molar-refractivity contribution in [1.29, 1.82) is 0 Å². The van der Waals surface area contributed by atoms with Crippen molar-refractivity contribution in [3.05, 3.63) is 63.3 Å². The summed E-state index contributed by atoms with van der Waals surface area (Å²) in [7, 11) is 0. The summed E-state index contributed by atoms with van der Waals surface area (Å²) in [5, 5.41) is 3.53. The van der Waals surface area contributed by atoms with E-state index in [4.69, 9.17) is 16.3 Å². The van der Waals surface area contributed by atoms with Gasteiger partial charge in [-0.15, -0.1) is 0 Å². The Kier molecular flexibility index (Phi) is 7.14. The van der Waals surface area contributed by atoms with Gasteiger partial charge in [-0.1, -0.05) is 23.7 Å². The Balaban J connectivity index is 1.50. The third-order valence-electron chi connectivity index (χ3n) is 4.80. The molecule has 1 unspecified atom stereocenters. The first-order valence-electron chi connectivity index (χ1n) is 9.31. The van der Waals surface area contributed by atoms with E-state index in [9.17, 15) is 14.0 Å². The molecular formula is C21H21BrClFN2O3. The Bertz CT molecular complexity index is 903. The second-order valence-electron chi connectivity index (χ2n) is 6.89. The zero-order valence-electron chi connectivity index (χ0n) is 15.8. The van der Waals surface area contributed by atoms with E-state index in [0.29, 0.717) is 41.2 Å². The second kappa shape index (κ2) is 9.59. The molecular weight excluding hydrogens is 463 g/mol. The van der Waals surface area contributed by atoms with Gasteiger partial charge in [-0.3, -0.25) is 9.59 Å². The highest BCUT2D eigenvalue weighted by Crippen LogP contribution is 2.28. The fourth-order valence-electron chi connectivity index (χ4n) is 3.17. The van der Waals surface area contributed by atoms with Gasteiger partial charge < -0.3 is 15.0 Å². The van der Waals surface area contributed by atoms with Gasteiger partial charge in [0.25, 0.3) is 11.8 Å². The molecule has 1 atom stereocenters. The third kappa shape index (κ3) is 5.48. The molecule has 2 aromatic carbocycles. The van der Waals surface area contributed by atoms with E-state index in [1.807, 2.05) is 0 Å². The number of piperidine rings is 1. The molecule has 29 heavy (non-hydrogen) atoms. The van der Waals surface area contributed by atoms with Crippen LogP contribution in [-0.2, 0) is 4.79 Å². The van der Waals surface area contributed by atoms with Crippen molar-refractivity contribution in [3.63, 3.8) is 0 Å². The molecule has 0 aromatic heterocycles. The van der Waals surface area contributed by atoms with Crippen LogP contribution < -0.4 is 10.1 Å². The Hall–Kier alpha value is -2.12. The molecule has 1 fully saturated rings. The van der Waals surface area contributed by atoms with Crippen LogP contribution in [0.5, 0.6) is 5.75 Å². The summed E-state index contributed by atoms with van der Waals surface area (Å²) < 4.78 is 20.2. The standard InChI is InChI=1S/C21H21BrClFN2O3/c1-13(29-19-7-6-14(23)12-17(19)22)20(27)25-15-8-10-26(11-9-15)21(28)16-4-2-3-5-18(16)24/h2-7,12-13,15H,8-11H2,1H3,(H,25,27). The first-order valence-corrected chi connectivity index (χ1v) is 10.5. The van der Waals surface area contributed by atoms with Crippen LogP contribution in [-0.4, -0.2) is 41.9 Å². The molecule has 0 bridgehead atoms. The van der Waals surface area contributed by atoms with Crippen LogP contribution in [0.3, 0.4) is 0 Å². The topological polar surface area (TPSA) is 58.6 Å². The molecule has 1 N–H and O–H groups in total. The van der Waals surface area contributed by atoms with Gasteiger partial charge >= 0.3 is 0 Å². The average Bonchev–Trinajstić information content (AvgIpc) is 2.70. The van der Waals surface area contributed by atoms with Crippen molar-refractivity contribution in [2.75, 3.05) is 13.1 Å². The largest absolute Gasteiger partial charge is 0.480 e. The number of amides is 2. The van der Waals surface area contributed by atoms with E-state index >= 15 is 0 Å². The Morgan fingerprint density at radius 1 is 1.24 bits per heavy atom. The van der Waals surface area contributed by atoms with Crippen LogP contribution in [0.1, 0.15) is 30.1 Å². The molecule has 0 spiro atoms. The fourth-order valence-corrected chi connectivity index (χ4v) is 3.94. The Labute approximate surface area is 182 Å². The number of ether oxygens (including phenoxy) is 1. The van der Waals surface area contributed by atoms with E-state index in [1.54, 1.807) is 42.2 Å². The van der Waals surface area contributed by atoms with Crippen molar-refractivity contribution >= 4 is 39.3 Å². The summed E-state index contributed by atoms with van der Waals surface area (Å²) in [6.45, 7) is 2.58. The summed E-state index contributed by atoms with van der Waals surface area (Å²) >= 11 is 9.28. The maximum Gasteiger partial charge on any atom is 0.260 e. The molecule has 2 aromatic rings. The summed E-state index contributed by atoms with van der Waals surface area (Å²) in [5.41, 5.74) is 0.0746. The normalized spacial score (nSPS) is 15.7. The minimum absolute atomic E-state index is 0.0631. The maximum absolute atomic E-state index is 13.8. The van der Waals surface area contributed by atoms with Crippen LogP contribution in [0.15, 0.2) is 46.9 Å². The molecule has 154 valence electrons. The smallest absolute Gasteiger partial charge is 0.260 e. The lowest BCUT2D eigenvalue weighted by molar-refractivity contribution is -0.128. The predicted molar refractivity (Wildman–Crippen MR) is 113 cm³/mol. The third-order valence-corrected chi connectivity index (χ3v) is 5.65. The summed E-state index contributed by atoms with van der Waals surface area (Å²) in [4.78, 5) is 26.6. The predicted octanol–water partition coefficient (Wildman–Crippen LogP) is 4.43. The minimum Gasteiger partial charge on any atom is -0.480 e. The van der Waals surface area contributed by atoms with Gasteiger partial charge in [-0.2, -0.15) is 0 Å². The number of rotatable bonds is 5. The number of nitrogens with zero attached hydrogens (tertiary/aromatic N) is 1. The van der Waals surface area contributed by atoms with Crippen molar-refractivity contribution < 1.29 is 18.7 Å². The number of benzene rings is 2. The molecule has 5 nitrogen and oxygen atoms in total. The summed E-state index contributed by atoms with van der Waals surface area (Å²) in [6.07, 6.45) is 0.512. The monoisotopic (exact) mass is 482 g/mol. The highest BCUT2D eigenvalue weighted by molar-refractivity contribution is 9.10. The Morgan fingerprint density at radius 3 is 2.59 bits per heavy atom. The zero-order chi connectivity index (χ0) is 21.0. The van der Waals surface area contributed by atoms with E-state index < -0.39 is 11.9 Å². The summed E-state index contributed by atoms with van der Waals surface area (Å²) in [6, 6.07) is 11.0. The average molecular weight is 484 g/mol. The van der Waals surface area contributed by atoms with E-state index in [2.05, 4.69) is 21.2 Å². The molecule has 1 aliphatic rings. The lowest BCUT2D eigenvalue weighted by Gasteiger charge is -2.33. The lowest BCUT2D eigenvalue weighted by atomic mass is 10.0. The van der Waals surface area contributed by atoms with E-state index in [0.717, 1.165) is 0 Å². The molecule has 0 saturated carbocycles. The van der Waals surface area contributed by atoms with Gasteiger partial charge in [0.1, 0.15) is 11.6 Å². The minimum atomic E-state index is -0.689. The fraction of sp³-hybridized carbons (Fsp3) is 0.333. The molecule has 2 amide bonds. The highest BCUT2D eigenvalue weighted by Gasteiger charge is 2.27. The van der Waals surface area contributed by atoms with Crippen molar-refractivity contribution in [2.24, 2.45) is 0 Å². The molecule has 1 heterocycles. The van der Waals surface area contributed by atoms with Gasteiger partial charge in [0.15, 0.2) is 6.10 Å². The first-order chi connectivity index (χ1) is 13.8. The first kappa shape index (κ1) is 21.6. The molecule has 1 aliphatic heterocycles. The Morgan fingerprint density at radius 2 is 1.93 bits per heavy atom. The second-order valence-corrected chi connectivity index (χ2v) is 8.18. The summed E-state index contributed by atoms with van der Waals surface area (Å²) in [5.74, 6) is -0.544. The van der Waals surface area contributed by atoms with Crippen LogP contribution in [0, 0.1) is 5.82 Å². The molecule has 0 aliphatic carbocycles. The van der Waals surface area contributed by atoms with E-state index in [-0.39, 0.29) is 23.4 Å². The van der Waals surface area contributed by atoms with Gasteiger partial charge in [-0.25, -0.2) is 4.39 Å². The zero-order valence-corrected chi connectivity index (χ0v) is 18.2. The lowest BCUT2D eigenvalue weighted by Crippen LogP contribution is -2.49. The van der Waals surface area contributed by atoms with Gasteiger partial charge in [0.2, 0.25) is 0 Å². The number of halogens is 3. The molecule has 8 heteroatoms. The van der Waals surface area contributed by atoms with Crippen LogP contribution >= 0.6 is 27.5 Å². The van der Waals surface area contributed by atoms with Crippen molar-refractivity contribution in [1.82, 2.24) is 10.2 Å². The number of carbonyl (C=O) groups excluding carboxylic acids is 2. The molecule has 3 rings (SSSR count). The number of carbonyl (C=O) groups is 2. The maximum atomic E-state index is 13.8. The number of nitrogens with one attached hydrogen (secondary N) is 1. The van der Waals surface area contributed by atoms with Crippen molar-refractivity contribution in [3.8, 4) is 5.75 Å². The van der Waals surface area contributed by atoms with Gasteiger partial charge in [0.05, 0.1) is 10.0 Å². The van der Waals surface area contributed by atoms with Crippen LogP contribution in [0.25, 0.3) is 0 Å². The van der Waals surface area contributed by atoms with Gasteiger partial charge in [0, 0.05) is 24.2 Å². The van der Waals surface area contributed by atoms with Gasteiger partial charge in [-0.05, 0) is 66.0 Å².